The minimum Gasteiger partial charge on any atom is -0.363 e. The quantitative estimate of drug-likeness (QED) is 0.406. The van der Waals surface area contributed by atoms with Gasteiger partial charge in [-0.1, -0.05) is 17.7 Å². The van der Waals surface area contributed by atoms with E-state index in [0.29, 0.717) is 11.4 Å². The van der Waals surface area contributed by atoms with Gasteiger partial charge in [0.2, 0.25) is 0 Å². The highest BCUT2D eigenvalue weighted by Gasteiger charge is 2.04. The van der Waals surface area contributed by atoms with Crippen molar-refractivity contribution < 1.29 is 18.4 Å². The van der Waals surface area contributed by atoms with E-state index in [9.17, 15) is 13.6 Å². The summed E-state index contributed by atoms with van der Waals surface area (Å²) in [5.74, 6) is -0.420. The molecule has 1 aromatic carbocycles. The number of aromatic nitrogens is 1. The predicted octanol–water partition coefficient (Wildman–Crippen LogP) is 5.47. The standard InChI is InChI=1S/C13H13F2N3.C5H8O.C4H6.CH2O/c1-18(2)13-4-3-11(8-16-13)17-12-6-9(14)5-10(15)7-12;1-5(2)3-4-6;1-4-2-3-4;1-2/h3-8,17H,1-2H3;3-4H,1-2H3;1-3H2;1H2. The van der Waals surface area contributed by atoms with Gasteiger partial charge in [-0.25, -0.2) is 13.8 Å². The summed E-state index contributed by atoms with van der Waals surface area (Å²) in [4.78, 5) is 23.6. The van der Waals surface area contributed by atoms with Gasteiger partial charge < -0.3 is 15.0 Å². The molecular formula is C23H29F2N3O2. The smallest absolute Gasteiger partial charge is 0.142 e. The molecular weight excluding hydrogens is 388 g/mol. The van der Waals surface area contributed by atoms with Crippen molar-refractivity contribution in [2.24, 2.45) is 0 Å². The van der Waals surface area contributed by atoms with Crippen LogP contribution in [0.3, 0.4) is 0 Å². The molecule has 0 atom stereocenters. The number of hydrogen-bond donors (Lipinski definition) is 1. The minimum atomic E-state index is -0.615. The number of halogens is 2. The topological polar surface area (TPSA) is 62.3 Å². The number of aldehydes is 1. The summed E-state index contributed by atoms with van der Waals surface area (Å²) in [5.41, 5.74) is 3.49. The maximum Gasteiger partial charge on any atom is 0.142 e. The van der Waals surface area contributed by atoms with E-state index in [0.717, 1.165) is 23.7 Å². The second-order valence-corrected chi connectivity index (χ2v) is 6.71. The average Bonchev–Trinajstić information content (AvgIpc) is 3.46. The third-order valence-corrected chi connectivity index (χ3v) is 3.36. The SMILES string of the molecule is C=C1CC1.C=O.CC(C)=CC=O.CN(C)c1ccc(Nc2cc(F)cc(F)c2)cn1. The number of nitrogens with one attached hydrogen (secondary N) is 1. The summed E-state index contributed by atoms with van der Waals surface area (Å²) in [7, 11) is 3.77. The molecule has 162 valence electrons. The van der Waals surface area contributed by atoms with Gasteiger partial charge in [-0.2, -0.15) is 0 Å². The summed E-state index contributed by atoms with van der Waals surface area (Å²) < 4.78 is 26.0. The molecule has 0 spiro atoms. The molecule has 1 aromatic heterocycles. The molecule has 0 unspecified atom stereocenters. The summed E-state index contributed by atoms with van der Waals surface area (Å²) >= 11 is 0. The number of carbonyl (C=O) groups excluding carboxylic acids is 2. The molecule has 1 N–H and O–H groups in total. The number of allylic oxidation sites excluding steroid dienone is 3. The maximum atomic E-state index is 13.0. The zero-order valence-corrected chi connectivity index (χ0v) is 17.9. The fraction of sp³-hybridized carbons (Fsp3) is 0.261. The highest BCUT2D eigenvalue weighted by molar-refractivity contribution is 5.65. The Morgan fingerprint density at radius 1 is 1.07 bits per heavy atom. The molecule has 1 fully saturated rings. The first-order valence-electron chi connectivity index (χ1n) is 9.12. The number of carbonyl (C=O) groups is 2. The Hall–Kier alpha value is -3.35. The van der Waals surface area contributed by atoms with Crippen LogP contribution >= 0.6 is 0 Å². The second kappa shape index (κ2) is 14.6. The summed E-state index contributed by atoms with van der Waals surface area (Å²) in [5, 5.41) is 2.89. The zero-order valence-electron chi connectivity index (χ0n) is 17.9. The number of pyridine rings is 1. The highest BCUT2D eigenvalue weighted by atomic mass is 19.1. The van der Waals surface area contributed by atoms with E-state index >= 15 is 0 Å². The van der Waals surface area contributed by atoms with Gasteiger partial charge in [0, 0.05) is 25.8 Å². The summed E-state index contributed by atoms with van der Waals surface area (Å²) in [6, 6.07) is 6.90. The third-order valence-electron chi connectivity index (χ3n) is 3.36. The maximum absolute atomic E-state index is 13.0. The Kier molecular flexibility index (Phi) is 13.0. The fourth-order valence-electron chi connectivity index (χ4n) is 1.74. The monoisotopic (exact) mass is 417 g/mol. The zero-order chi connectivity index (χ0) is 23.1. The molecule has 0 saturated heterocycles. The second-order valence-electron chi connectivity index (χ2n) is 6.71. The molecule has 3 rings (SSSR count). The van der Waals surface area contributed by atoms with Crippen LogP contribution < -0.4 is 10.2 Å². The molecule has 1 aliphatic rings. The lowest BCUT2D eigenvalue weighted by atomic mass is 10.3. The molecule has 1 saturated carbocycles. The lowest BCUT2D eigenvalue weighted by molar-refractivity contribution is -0.104. The van der Waals surface area contributed by atoms with Gasteiger partial charge in [0.1, 0.15) is 30.5 Å². The number of hydrogen-bond acceptors (Lipinski definition) is 5. The first-order chi connectivity index (χ1) is 14.2. The van der Waals surface area contributed by atoms with Crippen molar-refractivity contribution in [2.75, 3.05) is 24.3 Å². The van der Waals surface area contributed by atoms with E-state index in [2.05, 4.69) is 16.9 Å². The van der Waals surface area contributed by atoms with Crippen molar-refractivity contribution in [3.63, 3.8) is 0 Å². The number of anilines is 3. The van der Waals surface area contributed by atoms with Gasteiger partial charge in [-0.05, 0) is 57.0 Å². The van der Waals surface area contributed by atoms with Gasteiger partial charge in [0.25, 0.3) is 0 Å². The predicted molar refractivity (Wildman–Crippen MR) is 119 cm³/mol. The van der Waals surface area contributed by atoms with Crippen molar-refractivity contribution in [1.82, 2.24) is 4.98 Å². The molecule has 0 aliphatic heterocycles. The normalized spacial score (nSPS) is 10.5. The van der Waals surface area contributed by atoms with Gasteiger partial charge >= 0.3 is 0 Å². The Labute approximate surface area is 177 Å². The lowest BCUT2D eigenvalue weighted by Crippen LogP contribution is -2.10. The molecule has 0 bridgehead atoms. The minimum absolute atomic E-state index is 0.354. The molecule has 2 aromatic rings. The Bertz CT molecular complexity index is 805. The van der Waals surface area contributed by atoms with E-state index < -0.39 is 11.6 Å². The van der Waals surface area contributed by atoms with E-state index in [1.165, 1.54) is 36.6 Å². The van der Waals surface area contributed by atoms with Crippen LogP contribution in [0.25, 0.3) is 0 Å². The third kappa shape index (κ3) is 12.9. The van der Waals surface area contributed by atoms with Crippen molar-refractivity contribution in [2.45, 2.75) is 26.7 Å². The molecule has 0 radical (unpaired) electrons. The molecule has 30 heavy (non-hydrogen) atoms. The first kappa shape index (κ1) is 26.6. The van der Waals surface area contributed by atoms with Crippen molar-refractivity contribution >= 4 is 30.3 Å². The summed E-state index contributed by atoms with van der Waals surface area (Å²) in [6.45, 7) is 9.43. The Morgan fingerprint density at radius 3 is 1.90 bits per heavy atom. The van der Waals surface area contributed by atoms with Crippen molar-refractivity contribution in [3.8, 4) is 0 Å². The van der Waals surface area contributed by atoms with Crippen LogP contribution in [0.2, 0.25) is 0 Å². The number of nitrogens with zero attached hydrogens (tertiary/aromatic N) is 2. The van der Waals surface area contributed by atoms with Gasteiger partial charge in [0.05, 0.1) is 11.9 Å². The van der Waals surface area contributed by atoms with Crippen LogP contribution in [0.15, 0.2) is 60.3 Å². The van der Waals surface area contributed by atoms with E-state index in [1.54, 1.807) is 12.3 Å². The molecule has 7 heteroatoms. The van der Waals surface area contributed by atoms with Crippen LogP contribution in [0.5, 0.6) is 0 Å². The van der Waals surface area contributed by atoms with Crippen molar-refractivity contribution in [3.05, 3.63) is 72.0 Å². The Balaban J connectivity index is 0.000000575. The molecule has 1 heterocycles. The average molecular weight is 418 g/mol. The highest BCUT2D eigenvalue weighted by Crippen LogP contribution is 2.23. The molecule has 0 amide bonds. The van der Waals surface area contributed by atoms with Gasteiger partial charge in [-0.3, -0.25) is 4.79 Å². The van der Waals surface area contributed by atoms with Crippen molar-refractivity contribution in [1.29, 1.82) is 0 Å². The van der Waals surface area contributed by atoms with E-state index in [4.69, 9.17) is 4.79 Å². The summed E-state index contributed by atoms with van der Waals surface area (Å²) in [6.07, 6.45) is 6.51. The van der Waals surface area contributed by atoms with Gasteiger partial charge in [-0.15, -0.1) is 0 Å². The largest absolute Gasteiger partial charge is 0.363 e. The van der Waals surface area contributed by atoms with Crippen LogP contribution in [0, 0.1) is 11.6 Å². The lowest BCUT2D eigenvalue weighted by Gasteiger charge is -2.12. The first-order valence-corrected chi connectivity index (χ1v) is 9.12. The fourth-order valence-corrected chi connectivity index (χ4v) is 1.74. The van der Waals surface area contributed by atoms with Gasteiger partial charge in [0.15, 0.2) is 0 Å². The number of rotatable bonds is 4. The van der Waals surface area contributed by atoms with Crippen LogP contribution in [0.4, 0.5) is 26.0 Å². The van der Waals surface area contributed by atoms with Crippen LogP contribution in [-0.4, -0.2) is 32.2 Å². The molecule has 1 aliphatic carbocycles. The van der Waals surface area contributed by atoms with Crippen LogP contribution in [0.1, 0.15) is 26.7 Å². The van der Waals surface area contributed by atoms with E-state index in [1.807, 2.05) is 45.7 Å². The van der Waals surface area contributed by atoms with Crippen LogP contribution in [-0.2, 0) is 9.59 Å². The Morgan fingerprint density at radius 2 is 1.60 bits per heavy atom. The number of benzene rings is 1. The molecule has 5 nitrogen and oxygen atoms in total. The van der Waals surface area contributed by atoms with E-state index in [-0.39, 0.29) is 0 Å².